The Balaban J connectivity index is 0.00000176. The van der Waals surface area contributed by atoms with Gasteiger partial charge >= 0.3 is 0 Å². The minimum absolute atomic E-state index is 0. The molecule has 1 aromatic carbocycles. The predicted molar refractivity (Wildman–Crippen MR) is 92.0 cm³/mol. The highest BCUT2D eigenvalue weighted by Gasteiger charge is 2.56. The van der Waals surface area contributed by atoms with Gasteiger partial charge < -0.3 is 11.1 Å². The monoisotopic (exact) mass is 322 g/mol. The molecule has 3 rings (SSSR count). The summed E-state index contributed by atoms with van der Waals surface area (Å²) in [6.07, 6.45) is 3.79. The largest absolute Gasteiger partial charge is 0.354 e. The molecule has 122 valence electrons. The van der Waals surface area contributed by atoms with Gasteiger partial charge in [-0.3, -0.25) is 4.79 Å². The van der Waals surface area contributed by atoms with Crippen LogP contribution in [0.15, 0.2) is 24.3 Å². The molecular formula is C18H27ClN2O. The third-order valence-electron chi connectivity index (χ3n) is 5.24. The number of amides is 1. The Hall–Kier alpha value is -1.06. The molecule has 0 bridgehead atoms. The molecule has 0 heterocycles. The standard InChI is InChI=1S/C18H26N2O.ClH/c1-11(2)12-6-8-13(9-7-12)16(19)10-20-18(21)17-14-4-3-5-15(14)17;/h6-9,11,14-17H,3-5,10,19H2,1-2H3,(H,20,21);1H. The van der Waals surface area contributed by atoms with Crippen molar-refractivity contribution in [2.45, 2.75) is 45.1 Å². The van der Waals surface area contributed by atoms with E-state index < -0.39 is 0 Å². The van der Waals surface area contributed by atoms with Crippen LogP contribution in [-0.2, 0) is 4.79 Å². The number of hydrogen-bond acceptors (Lipinski definition) is 2. The lowest BCUT2D eigenvalue weighted by Crippen LogP contribution is -2.33. The van der Waals surface area contributed by atoms with Crippen LogP contribution < -0.4 is 11.1 Å². The number of carbonyl (C=O) groups excluding carboxylic acids is 1. The van der Waals surface area contributed by atoms with Gasteiger partial charge in [0.2, 0.25) is 5.91 Å². The van der Waals surface area contributed by atoms with Gasteiger partial charge in [-0.15, -0.1) is 12.4 Å². The summed E-state index contributed by atoms with van der Waals surface area (Å²) in [6.45, 7) is 4.90. The SMILES string of the molecule is CC(C)c1ccc(C(N)CNC(=O)C2C3CCCC32)cc1.Cl. The van der Waals surface area contributed by atoms with Gasteiger partial charge in [-0.05, 0) is 41.7 Å². The lowest BCUT2D eigenvalue weighted by atomic mass is 9.99. The van der Waals surface area contributed by atoms with Crippen LogP contribution in [0.3, 0.4) is 0 Å². The van der Waals surface area contributed by atoms with Crippen molar-refractivity contribution in [1.29, 1.82) is 0 Å². The number of halogens is 1. The fourth-order valence-corrected chi connectivity index (χ4v) is 3.78. The first-order valence-corrected chi connectivity index (χ1v) is 8.21. The molecule has 1 aromatic rings. The van der Waals surface area contributed by atoms with E-state index in [0.29, 0.717) is 24.3 Å². The minimum Gasteiger partial charge on any atom is -0.354 e. The molecule has 2 aliphatic rings. The number of nitrogens with two attached hydrogens (primary N) is 1. The second-order valence-electron chi connectivity index (χ2n) is 6.96. The average molecular weight is 323 g/mol. The zero-order chi connectivity index (χ0) is 15.0. The Morgan fingerprint density at radius 2 is 1.73 bits per heavy atom. The lowest BCUT2D eigenvalue weighted by Gasteiger charge is -2.15. The van der Waals surface area contributed by atoms with Crippen molar-refractivity contribution >= 4 is 18.3 Å². The summed E-state index contributed by atoms with van der Waals surface area (Å²) >= 11 is 0. The summed E-state index contributed by atoms with van der Waals surface area (Å²) in [7, 11) is 0. The fraction of sp³-hybridized carbons (Fsp3) is 0.611. The predicted octanol–water partition coefficient (Wildman–Crippen LogP) is 3.39. The highest BCUT2D eigenvalue weighted by Crippen LogP contribution is 2.57. The molecule has 1 amide bonds. The molecule has 2 fully saturated rings. The van der Waals surface area contributed by atoms with E-state index in [0.717, 1.165) is 5.56 Å². The number of carbonyl (C=O) groups is 1. The van der Waals surface area contributed by atoms with Crippen LogP contribution in [0.1, 0.15) is 56.2 Å². The average Bonchev–Trinajstić information content (AvgIpc) is 2.97. The maximum Gasteiger partial charge on any atom is 0.223 e. The number of nitrogens with one attached hydrogen (secondary N) is 1. The highest BCUT2D eigenvalue weighted by molar-refractivity contribution is 5.85. The Kier molecular flexibility index (Phi) is 5.51. The highest BCUT2D eigenvalue weighted by atomic mass is 35.5. The van der Waals surface area contributed by atoms with Crippen LogP contribution in [0.25, 0.3) is 0 Å². The molecule has 22 heavy (non-hydrogen) atoms. The molecule has 4 heteroatoms. The number of fused-ring (bicyclic) bond motifs is 1. The van der Waals surface area contributed by atoms with Crippen molar-refractivity contribution in [3.05, 3.63) is 35.4 Å². The lowest BCUT2D eigenvalue weighted by molar-refractivity contribution is -0.123. The van der Waals surface area contributed by atoms with E-state index in [9.17, 15) is 4.79 Å². The number of hydrogen-bond donors (Lipinski definition) is 2. The first-order valence-electron chi connectivity index (χ1n) is 8.21. The Labute approximate surface area is 139 Å². The first kappa shape index (κ1) is 17.3. The molecule has 0 spiro atoms. The third-order valence-corrected chi connectivity index (χ3v) is 5.24. The second-order valence-corrected chi connectivity index (χ2v) is 6.96. The van der Waals surface area contributed by atoms with Gasteiger partial charge in [0.25, 0.3) is 0 Å². The molecule has 3 atom stereocenters. The van der Waals surface area contributed by atoms with Crippen molar-refractivity contribution in [2.24, 2.45) is 23.5 Å². The summed E-state index contributed by atoms with van der Waals surface area (Å²) in [5.74, 6) is 2.38. The van der Waals surface area contributed by atoms with Gasteiger partial charge in [0.1, 0.15) is 0 Å². The topological polar surface area (TPSA) is 55.1 Å². The van der Waals surface area contributed by atoms with Crippen molar-refractivity contribution in [3.63, 3.8) is 0 Å². The normalized spacial score (nSPS) is 27.0. The maximum atomic E-state index is 12.1. The Bertz CT molecular complexity index is 504. The van der Waals surface area contributed by atoms with E-state index in [1.54, 1.807) is 0 Å². The summed E-state index contributed by atoms with van der Waals surface area (Å²) in [4.78, 5) is 12.1. The van der Waals surface area contributed by atoms with E-state index in [4.69, 9.17) is 5.73 Å². The Morgan fingerprint density at radius 1 is 1.18 bits per heavy atom. The third kappa shape index (κ3) is 3.47. The molecule has 0 saturated heterocycles. The van der Waals surface area contributed by atoms with E-state index in [-0.39, 0.29) is 30.3 Å². The number of benzene rings is 1. The van der Waals surface area contributed by atoms with E-state index >= 15 is 0 Å². The molecule has 0 aliphatic heterocycles. The molecule has 3 N–H and O–H groups in total. The Morgan fingerprint density at radius 3 is 2.27 bits per heavy atom. The van der Waals surface area contributed by atoms with Gasteiger partial charge in [-0.2, -0.15) is 0 Å². The maximum absolute atomic E-state index is 12.1. The van der Waals surface area contributed by atoms with Crippen LogP contribution in [0, 0.1) is 17.8 Å². The van der Waals surface area contributed by atoms with Crippen molar-refractivity contribution < 1.29 is 4.79 Å². The summed E-state index contributed by atoms with van der Waals surface area (Å²) in [5, 5.41) is 3.04. The molecular weight excluding hydrogens is 296 g/mol. The molecule has 3 nitrogen and oxygen atoms in total. The molecule has 2 saturated carbocycles. The van der Waals surface area contributed by atoms with Gasteiger partial charge in [0, 0.05) is 18.5 Å². The molecule has 3 unspecified atom stereocenters. The summed E-state index contributed by atoms with van der Waals surface area (Å²) in [5.41, 5.74) is 8.60. The van der Waals surface area contributed by atoms with Gasteiger partial charge in [0.15, 0.2) is 0 Å². The van der Waals surface area contributed by atoms with Crippen LogP contribution >= 0.6 is 12.4 Å². The smallest absolute Gasteiger partial charge is 0.223 e. The van der Waals surface area contributed by atoms with E-state index in [1.807, 2.05) is 0 Å². The summed E-state index contributed by atoms with van der Waals surface area (Å²) in [6, 6.07) is 8.31. The van der Waals surface area contributed by atoms with Crippen LogP contribution in [-0.4, -0.2) is 12.5 Å². The zero-order valence-electron chi connectivity index (χ0n) is 13.4. The van der Waals surface area contributed by atoms with Crippen molar-refractivity contribution in [1.82, 2.24) is 5.32 Å². The minimum atomic E-state index is -0.117. The van der Waals surface area contributed by atoms with Gasteiger partial charge in [0.05, 0.1) is 0 Å². The van der Waals surface area contributed by atoms with Gasteiger partial charge in [-0.1, -0.05) is 44.5 Å². The fourth-order valence-electron chi connectivity index (χ4n) is 3.78. The molecule has 2 aliphatic carbocycles. The van der Waals surface area contributed by atoms with Crippen LogP contribution in [0.4, 0.5) is 0 Å². The van der Waals surface area contributed by atoms with Crippen LogP contribution in [0.2, 0.25) is 0 Å². The van der Waals surface area contributed by atoms with Crippen molar-refractivity contribution in [2.75, 3.05) is 6.54 Å². The van der Waals surface area contributed by atoms with Crippen molar-refractivity contribution in [3.8, 4) is 0 Å². The molecule has 0 aromatic heterocycles. The first-order chi connectivity index (χ1) is 10.1. The van der Waals surface area contributed by atoms with E-state index in [2.05, 4.69) is 43.4 Å². The number of rotatable bonds is 5. The van der Waals surface area contributed by atoms with Gasteiger partial charge in [-0.25, -0.2) is 0 Å². The van der Waals surface area contributed by atoms with E-state index in [1.165, 1.54) is 24.8 Å². The molecule has 0 radical (unpaired) electrons. The van der Waals surface area contributed by atoms with Crippen LogP contribution in [0.5, 0.6) is 0 Å². The second kappa shape index (κ2) is 7.01. The summed E-state index contributed by atoms with van der Waals surface area (Å²) < 4.78 is 0. The zero-order valence-corrected chi connectivity index (χ0v) is 14.2. The quantitative estimate of drug-likeness (QED) is 0.873.